The SMILES string of the molecule is COc1ccccc1[S+]([O-])CBr. The second kappa shape index (κ2) is 4.74. The van der Waals surface area contributed by atoms with Crippen LogP contribution in [0.2, 0.25) is 0 Å². The van der Waals surface area contributed by atoms with E-state index in [4.69, 9.17) is 4.74 Å². The first kappa shape index (κ1) is 9.89. The highest BCUT2D eigenvalue weighted by Gasteiger charge is 2.13. The Kier molecular flexibility index (Phi) is 3.91. The number of benzene rings is 1. The van der Waals surface area contributed by atoms with Crippen LogP contribution >= 0.6 is 15.9 Å². The number of alkyl halides is 1. The van der Waals surface area contributed by atoms with Crippen LogP contribution in [0.4, 0.5) is 0 Å². The van der Waals surface area contributed by atoms with Crippen LogP contribution in [-0.4, -0.2) is 16.3 Å². The minimum Gasteiger partial charge on any atom is -0.611 e. The first-order chi connectivity index (χ1) is 5.79. The Hall–Kier alpha value is -0.190. The molecule has 0 saturated carbocycles. The molecule has 0 fully saturated rings. The maximum atomic E-state index is 11.4. The highest BCUT2D eigenvalue weighted by Crippen LogP contribution is 2.24. The summed E-state index contributed by atoms with van der Waals surface area (Å²) in [6.45, 7) is 0. The van der Waals surface area contributed by atoms with E-state index in [1.54, 1.807) is 19.2 Å². The summed E-state index contributed by atoms with van der Waals surface area (Å²) in [7, 11) is 1.57. The van der Waals surface area contributed by atoms with Gasteiger partial charge in [0.2, 0.25) is 0 Å². The molecule has 0 aliphatic rings. The number of rotatable bonds is 3. The van der Waals surface area contributed by atoms with Gasteiger partial charge in [0.25, 0.3) is 0 Å². The summed E-state index contributed by atoms with van der Waals surface area (Å²) in [6, 6.07) is 7.30. The van der Waals surface area contributed by atoms with Crippen molar-refractivity contribution in [2.24, 2.45) is 0 Å². The highest BCUT2D eigenvalue weighted by atomic mass is 79.9. The maximum Gasteiger partial charge on any atom is 0.195 e. The zero-order valence-corrected chi connectivity index (χ0v) is 9.02. The Morgan fingerprint density at radius 2 is 2.17 bits per heavy atom. The molecule has 0 heterocycles. The lowest BCUT2D eigenvalue weighted by atomic mass is 10.3. The van der Waals surface area contributed by atoms with Gasteiger partial charge in [0.15, 0.2) is 15.3 Å². The molecule has 4 heteroatoms. The second-order valence-electron chi connectivity index (χ2n) is 2.11. The third kappa shape index (κ3) is 2.15. The molecule has 0 saturated heterocycles. The van der Waals surface area contributed by atoms with Crippen LogP contribution in [0.25, 0.3) is 0 Å². The first-order valence-electron chi connectivity index (χ1n) is 3.37. The lowest BCUT2D eigenvalue weighted by Gasteiger charge is -2.09. The van der Waals surface area contributed by atoms with Crippen molar-refractivity contribution in [3.05, 3.63) is 24.3 Å². The van der Waals surface area contributed by atoms with Crippen molar-refractivity contribution in [3.63, 3.8) is 0 Å². The summed E-state index contributed by atoms with van der Waals surface area (Å²) in [4.78, 5) is 0.733. The van der Waals surface area contributed by atoms with Gasteiger partial charge < -0.3 is 9.29 Å². The number of hydrogen-bond acceptors (Lipinski definition) is 2. The molecule has 0 aliphatic heterocycles. The lowest BCUT2D eigenvalue weighted by Crippen LogP contribution is -2.03. The van der Waals surface area contributed by atoms with E-state index in [1.165, 1.54) is 0 Å². The molecular weight excluding hydrogens is 240 g/mol. The third-order valence-corrected chi connectivity index (χ3v) is 3.69. The van der Waals surface area contributed by atoms with Gasteiger partial charge in [-0.3, -0.25) is 0 Å². The molecule has 2 nitrogen and oxygen atoms in total. The summed E-state index contributed by atoms with van der Waals surface area (Å²) >= 11 is 2.15. The van der Waals surface area contributed by atoms with Crippen molar-refractivity contribution in [2.45, 2.75) is 4.90 Å². The van der Waals surface area contributed by atoms with Crippen molar-refractivity contribution < 1.29 is 9.29 Å². The minimum atomic E-state index is -1.01. The van der Waals surface area contributed by atoms with Gasteiger partial charge in [-0.15, -0.1) is 0 Å². The molecule has 1 aromatic carbocycles. The Morgan fingerprint density at radius 1 is 1.50 bits per heavy atom. The first-order valence-corrected chi connectivity index (χ1v) is 5.81. The van der Waals surface area contributed by atoms with E-state index < -0.39 is 11.2 Å². The summed E-state index contributed by atoms with van der Waals surface area (Å²) in [6.07, 6.45) is 0. The van der Waals surface area contributed by atoms with Crippen LogP contribution in [0.3, 0.4) is 0 Å². The quantitative estimate of drug-likeness (QED) is 0.607. The molecule has 0 radical (unpaired) electrons. The number of halogens is 1. The van der Waals surface area contributed by atoms with Crippen molar-refractivity contribution in [1.29, 1.82) is 0 Å². The van der Waals surface area contributed by atoms with Crippen LogP contribution in [0.15, 0.2) is 29.2 Å². The largest absolute Gasteiger partial charge is 0.611 e. The normalized spacial score (nSPS) is 12.6. The standard InChI is InChI=1S/C8H9BrO2S/c1-11-7-4-2-3-5-8(7)12(10)6-9/h2-5H,6H2,1H3. The average molecular weight is 249 g/mol. The van der Waals surface area contributed by atoms with Gasteiger partial charge in [-0.2, -0.15) is 0 Å². The van der Waals surface area contributed by atoms with Crippen molar-refractivity contribution >= 4 is 27.1 Å². The fourth-order valence-corrected chi connectivity index (χ4v) is 2.33. The topological polar surface area (TPSA) is 32.3 Å². The van der Waals surface area contributed by atoms with Gasteiger partial charge in [0.1, 0.15) is 0 Å². The Labute approximate surface area is 83.2 Å². The molecule has 0 spiro atoms. The number of ether oxygens (including phenoxy) is 1. The summed E-state index contributed by atoms with van der Waals surface area (Å²) in [5, 5.41) is 0. The Morgan fingerprint density at radius 3 is 2.75 bits per heavy atom. The predicted octanol–water partition coefficient (Wildman–Crippen LogP) is 2.16. The molecule has 0 bridgehead atoms. The van der Waals surface area contributed by atoms with E-state index in [9.17, 15) is 4.55 Å². The van der Waals surface area contributed by atoms with E-state index in [0.29, 0.717) is 10.4 Å². The molecule has 12 heavy (non-hydrogen) atoms. The van der Waals surface area contributed by atoms with E-state index in [0.717, 1.165) is 4.90 Å². The molecule has 0 N–H and O–H groups in total. The van der Waals surface area contributed by atoms with E-state index in [2.05, 4.69) is 15.9 Å². The van der Waals surface area contributed by atoms with Crippen LogP contribution in [0, 0.1) is 0 Å². The van der Waals surface area contributed by atoms with E-state index in [1.807, 2.05) is 12.1 Å². The van der Waals surface area contributed by atoms with Gasteiger partial charge in [0.05, 0.1) is 7.11 Å². The van der Waals surface area contributed by atoms with Gasteiger partial charge >= 0.3 is 0 Å². The molecule has 66 valence electrons. The molecule has 0 aliphatic carbocycles. The average Bonchev–Trinajstić information content (AvgIpc) is 2.16. The Bertz CT molecular complexity index is 255. The number of para-hydroxylation sites is 1. The number of methoxy groups -OCH3 is 1. The van der Waals surface area contributed by atoms with Crippen LogP contribution in [-0.2, 0) is 11.2 Å². The smallest absolute Gasteiger partial charge is 0.195 e. The highest BCUT2D eigenvalue weighted by molar-refractivity contribution is 9.10. The van der Waals surface area contributed by atoms with E-state index >= 15 is 0 Å². The summed E-state index contributed by atoms with van der Waals surface area (Å²) < 4.78 is 16.9. The zero-order valence-electron chi connectivity index (χ0n) is 6.62. The second-order valence-corrected chi connectivity index (χ2v) is 4.83. The molecule has 0 aromatic heterocycles. The molecule has 1 atom stereocenters. The monoisotopic (exact) mass is 248 g/mol. The van der Waals surface area contributed by atoms with Crippen LogP contribution < -0.4 is 4.74 Å². The molecule has 0 amide bonds. The predicted molar refractivity (Wildman–Crippen MR) is 53.2 cm³/mol. The van der Waals surface area contributed by atoms with Gasteiger partial charge in [-0.25, -0.2) is 0 Å². The summed E-state index contributed by atoms with van der Waals surface area (Å²) in [5.74, 6) is 0.676. The molecular formula is C8H9BrO2S. The van der Waals surface area contributed by atoms with Crippen molar-refractivity contribution in [3.8, 4) is 5.75 Å². The van der Waals surface area contributed by atoms with Crippen LogP contribution in [0.1, 0.15) is 0 Å². The van der Waals surface area contributed by atoms with Crippen molar-refractivity contribution in [1.82, 2.24) is 0 Å². The van der Waals surface area contributed by atoms with Gasteiger partial charge in [-0.1, -0.05) is 12.1 Å². The summed E-state index contributed by atoms with van der Waals surface area (Å²) in [5.41, 5.74) is 0. The lowest BCUT2D eigenvalue weighted by molar-refractivity contribution is 0.403. The van der Waals surface area contributed by atoms with E-state index in [-0.39, 0.29) is 0 Å². The molecule has 1 unspecified atom stereocenters. The fraction of sp³-hybridized carbons (Fsp3) is 0.250. The van der Waals surface area contributed by atoms with Crippen molar-refractivity contribution in [2.75, 3.05) is 11.8 Å². The van der Waals surface area contributed by atoms with Gasteiger partial charge in [-0.05, 0) is 39.2 Å². The van der Waals surface area contributed by atoms with Gasteiger partial charge in [0, 0.05) is 0 Å². The fourth-order valence-electron chi connectivity index (χ4n) is 0.866. The number of hydrogen-bond donors (Lipinski definition) is 0. The molecule has 1 rings (SSSR count). The molecule has 1 aromatic rings. The maximum absolute atomic E-state index is 11.4. The van der Waals surface area contributed by atoms with Crippen LogP contribution in [0.5, 0.6) is 5.75 Å². The minimum absolute atomic E-state index is 0.438. The Balaban J connectivity index is 2.96. The zero-order chi connectivity index (χ0) is 8.97. The third-order valence-electron chi connectivity index (χ3n) is 1.41.